The molecule has 3 N–H and O–H groups in total. The molecule has 0 spiro atoms. The number of carbonyl (C=O) groups is 2. The van der Waals surface area contributed by atoms with Crippen LogP contribution in [0.25, 0.3) is 0 Å². The van der Waals surface area contributed by atoms with Gasteiger partial charge in [0.25, 0.3) is 0 Å². The summed E-state index contributed by atoms with van der Waals surface area (Å²) in [4.78, 5) is 23.7. The zero-order chi connectivity index (χ0) is 23.7. The lowest BCUT2D eigenvalue weighted by molar-refractivity contribution is -0.155. The molecule has 0 aliphatic heterocycles. The maximum absolute atomic E-state index is 12.5. The highest BCUT2D eigenvalue weighted by atomic mass is 32.2. The van der Waals surface area contributed by atoms with Gasteiger partial charge in [-0.25, -0.2) is 18.4 Å². The summed E-state index contributed by atoms with van der Waals surface area (Å²) in [5.74, 6) is -1.43. The number of unbranched alkanes of at least 4 members (excludes halogenated alkanes) is 1. The lowest BCUT2D eigenvalue weighted by Gasteiger charge is -2.18. The molecule has 0 saturated heterocycles. The molecule has 0 bridgehead atoms. The average Bonchev–Trinajstić information content (AvgIpc) is 2.74. The summed E-state index contributed by atoms with van der Waals surface area (Å²) in [7, 11) is -4.27. The summed E-state index contributed by atoms with van der Waals surface area (Å²) < 4.78 is 40.3. The van der Waals surface area contributed by atoms with E-state index in [4.69, 9.17) is 19.3 Å². The molecule has 0 atom stereocenters. The first-order chi connectivity index (χ1) is 15.1. The van der Waals surface area contributed by atoms with E-state index < -0.39 is 28.8 Å². The molecule has 0 radical (unpaired) electrons. The van der Waals surface area contributed by atoms with Gasteiger partial charge in [-0.2, -0.15) is 0 Å². The van der Waals surface area contributed by atoms with E-state index in [1.807, 2.05) is 6.92 Å². The molecule has 0 aliphatic rings. The van der Waals surface area contributed by atoms with Gasteiger partial charge < -0.3 is 19.5 Å². The number of sulfonamides is 1. The lowest BCUT2D eigenvalue weighted by Crippen LogP contribution is -2.18. The third-order valence-corrected chi connectivity index (χ3v) is 5.18. The second-order valence-corrected chi connectivity index (χ2v) is 8.79. The normalized spacial score (nSPS) is 11.2. The van der Waals surface area contributed by atoms with Crippen LogP contribution < -0.4 is 15.2 Å². The summed E-state index contributed by atoms with van der Waals surface area (Å²) in [6.45, 7) is 5.20. The molecule has 174 valence electrons. The summed E-state index contributed by atoms with van der Waals surface area (Å²) in [6, 6.07) is 11.1. The molecule has 2 aromatic carbocycles. The molecule has 0 aliphatic carbocycles. The second kappa shape index (κ2) is 11.5. The van der Waals surface area contributed by atoms with Crippen molar-refractivity contribution in [2.75, 3.05) is 18.7 Å². The lowest BCUT2D eigenvalue weighted by atomic mass is 10.1. The standard InChI is InChI=1S/C22H28N2O7S/c1-4-5-11-24-18-12-16(22(26)30-14-29-21(25)15(2)3)13-19(32(23,27)28)20(18)31-17-9-7-6-8-10-17/h6-10,12-13,15,24H,4-5,11,14H2,1-3H3,(H2,23,27,28). The van der Waals surface area contributed by atoms with E-state index in [1.165, 1.54) is 6.07 Å². The van der Waals surface area contributed by atoms with Gasteiger partial charge in [-0.15, -0.1) is 0 Å². The summed E-state index contributed by atoms with van der Waals surface area (Å²) in [5.41, 5.74) is 0.175. The van der Waals surface area contributed by atoms with Gasteiger partial charge in [0.05, 0.1) is 17.2 Å². The third kappa shape index (κ3) is 7.24. The van der Waals surface area contributed by atoms with E-state index in [-0.39, 0.29) is 27.8 Å². The topological polar surface area (TPSA) is 134 Å². The van der Waals surface area contributed by atoms with Gasteiger partial charge in [0, 0.05) is 6.54 Å². The Labute approximate surface area is 187 Å². The van der Waals surface area contributed by atoms with Gasteiger partial charge >= 0.3 is 11.9 Å². The zero-order valence-electron chi connectivity index (χ0n) is 18.3. The van der Waals surface area contributed by atoms with Crippen LogP contribution in [0.15, 0.2) is 47.4 Å². The Morgan fingerprint density at radius 1 is 1.09 bits per heavy atom. The first kappa shape index (κ1) is 25.2. The maximum Gasteiger partial charge on any atom is 0.341 e. The van der Waals surface area contributed by atoms with E-state index in [2.05, 4.69) is 5.32 Å². The molecular weight excluding hydrogens is 436 g/mol. The van der Waals surface area contributed by atoms with Crippen molar-refractivity contribution >= 4 is 27.6 Å². The van der Waals surface area contributed by atoms with Crippen molar-refractivity contribution in [1.29, 1.82) is 0 Å². The smallest absolute Gasteiger partial charge is 0.341 e. The number of anilines is 1. The number of esters is 2. The first-order valence-corrected chi connectivity index (χ1v) is 11.7. The van der Waals surface area contributed by atoms with Crippen LogP contribution in [0.4, 0.5) is 5.69 Å². The minimum Gasteiger partial charge on any atom is -0.454 e. The van der Waals surface area contributed by atoms with Crippen molar-refractivity contribution in [3.63, 3.8) is 0 Å². The summed E-state index contributed by atoms with van der Waals surface area (Å²) in [6.07, 6.45) is 1.70. The molecule has 2 rings (SSSR count). The van der Waals surface area contributed by atoms with Crippen LogP contribution in [-0.4, -0.2) is 33.7 Å². The van der Waals surface area contributed by atoms with Crippen LogP contribution >= 0.6 is 0 Å². The largest absolute Gasteiger partial charge is 0.454 e. The number of hydrogen-bond donors (Lipinski definition) is 2. The fourth-order valence-corrected chi connectivity index (χ4v) is 3.27. The van der Waals surface area contributed by atoms with E-state index in [0.29, 0.717) is 12.3 Å². The Morgan fingerprint density at radius 2 is 1.78 bits per heavy atom. The molecule has 0 fully saturated rings. The molecule has 10 heteroatoms. The van der Waals surface area contributed by atoms with Gasteiger partial charge in [0.2, 0.25) is 16.8 Å². The number of rotatable bonds is 11. The molecule has 0 saturated carbocycles. The number of ether oxygens (including phenoxy) is 3. The van der Waals surface area contributed by atoms with Crippen LogP contribution in [0, 0.1) is 5.92 Å². The third-order valence-electron chi connectivity index (χ3n) is 4.27. The average molecular weight is 465 g/mol. The molecule has 32 heavy (non-hydrogen) atoms. The number of benzene rings is 2. The Morgan fingerprint density at radius 3 is 2.38 bits per heavy atom. The number of nitrogens with one attached hydrogen (secondary N) is 1. The highest BCUT2D eigenvalue weighted by Gasteiger charge is 2.24. The first-order valence-electron chi connectivity index (χ1n) is 10.1. The summed E-state index contributed by atoms with van der Waals surface area (Å²) in [5, 5.41) is 8.51. The molecule has 2 aromatic rings. The minimum atomic E-state index is -4.27. The van der Waals surface area contributed by atoms with Crippen molar-refractivity contribution in [3.05, 3.63) is 48.0 Å². The zero-order valence-corrected chi connectivity index (χ0v) is 19.1. The monoisotopic (exact) mass is 464 g/mol. The SMILES string of the molecule is CCCCNc1cc(C(=O)OCOC(=O)C(C)C)cc(S(N)(=O)=O)c1Oc1ccccc1. The van der Waals surface area contributed by atoms with E-state index in [1.54, 1.807) is 44.2 Å². The second-order valence-electron chi connectivity index (χ2n) is 7.26. The molecular formula is C22H28N2O7S. The van der Waals surface area contributed by atoms with Crippen LogP contribution in [0.2, 0.25) is 0 Å². The quantitative estimate of drug-likeness (QED) is 0.292. The molecule has 0 unspecified atom stereocenters. The van der Waals surface area contributed by atoms with Crippen LogP contribution in [0.3, 0.4) is 0 Å². The van der Waals surface area contributed by atoms with Gasteiger partial charge in [-0.3, -0.25) is 4.79 Å². The highest BCUT2D eigenvalue weighted by molar-refractivity contribution is 7.89. The van der Waals surface area contributed by atoms with Gasteiger partial charge in [0.1, 0.15) is 10.6 Å². The number of primary sulfonamides is 1. The Kier molecular flexibility index (Phi) is 9.03. The fourth-order valence-electron chi connectivity index (χ4n) is 2.57. The van der Waals surface area contributed by atoms with Crippen molar-refractivity contribution in [3.8, 4) is 11.5 Å². The molecule has 0 aromatic heterocycles. The minimum absolute atomic E-state index is 0.0300. The van der Waals surface area contributed by atoms with Crippen LogP contribution in [0.5, 0.6) is 11.5 Å². The van der Waals surface area contributed by atoms with E-state index in [9.17, 15) is 18.0 Å². The Bertz CT molecular complexity index is 1040. The number of para-hydroxylation sites is 1. The predicted octanol–water partition coefficient (Wildman–Crippen LogP) is 3.65. The number of hydrogen-bond acceptors (Lipinski definition) is 8. The number of carbonyl (C=O) groups excluding carboxylic acids is 2. The van der Waals surface area contributed by atoms with Crippen molar-refractivity contribution < 1.29 is 32.2 Å². The van der Waals surface area contributed by atoms with Crippen molar-refractivity contribution in [2.45, 2.75) is 38.5 Å². The Balaban J connectivity index is 2.42. The molecule has 9 nitrogen and oxygen atoms in total. The van der Waals surface area contributed by atoms with Crippen molar-refractivity contribution in [2.24, 2.45) is 11.1 Å². The van der Waals surface area contributed by atoms with E-state index in [0.717, 1.165) is 18.9 Å². The van der Waals surface area contributed by atoms with Gasteiger partial charge in [-0.05, 0) is 30.7 Å². The number of nitrogens with two attached hydrogens (primary N) is 1. The fraction of sp³-hybridized carbons (Fsp3) is 0.364. The molecule has 0 heterocycles. The van der Waals surface area contributed by atoms with Gasteiger partial charge in [0.15, 0.2) is 5.75 Å². The van der Waals surface area contributed by atoms with Crippen LogP contribution in [0.1, 0.15) is 44.0 Å². The summed E-state index contributed by atoms with van der Waals surface area (Å²) >= 11 is 0. The molecule has 0 amide bonds. The van der Waals surface area contributed by atoms with Crippen LogP contribution in [-0.2, 0) is 24.3 Å². The Hall–Kier alpha value is -3.11. The van der Waals surface area contributed by atoms with Crippen molar-refractivity contribution in [1.82, 2.24) is 0 Å². The highest BCUT2D eigenvalue weighted by Crippen LogP contribution is 2.37. The maximum atomic E-state index is 12.5. The van der Waals surface area contributed by atoms with Gasteiger partial charge in [-0.1, -0.05) is 45.4 Å². The van der Waals surface area contributed by atoms with E-state index >= 15 is 0 Å². The predicted molar refractivity (Wildman–Crippen MR) is 119 cm³/mol.